The molecule has 1 saturated carbocycles. The van der Waals surface area contributed by atoms with Crippen LogP contribution in [0.4, 0.5) is 39.5 Å². The van der Waals surface area contributed by atoms with Crippen LogP contribution in [0, 0.1) is 0 Å². The highest BCUT2D eigenvalue weighted by Gasteiger charge is 2.45. The Kier molecular flexibility index (Phi) is 5.50. The number of anilines is 3. The number of nitrogens with one attached hydrogen (secondary N) is 1. The summed E-state index contributed by atoms with van der Waals surface area (Å²) in [7, 11) is -3.24. The summed E-state index contributed by atoms with van der Waals surface area (Å²) in [5.41, 5.74) is -0.454. The van der Waals surface area contributed by atoms with Crippen molar-refractivity contribution in [3.8, 4) is 0 Å². The smallest absolute Gasteiger partial charge is 0.329 e. The summed E-state index contributed by atoms with van der Waals surface area (Å²) in [6.07, 6.45) is -1.09. The zero-order valence-electron chi connectivity index (χ0n) is 16.9. The fourth-order valence-corrected chi connectivity index (χ4v) is 5.07. The molecule has 2 aromatic heterocycles. The van der Waals surface area contributed by atoms with Gasteiger partial charge in [0.1, 0.15) is 21.5 Å². The number of nitrogens with zero attached hydrogens (tertiary/aromatic N) is 4. The number of pyridine rings is 1. The molecule has 13 heteroatoms. The Morgan fingerprint density at radius 3 is 2.44 bits per heavy atom. The van der Waals surface area contributed by atoms with Gasteiger partial charge in [0.15, 0.2) is 0 Å². The van der Waals surface area contributed by atoms with Gasteiger partial charge in [-0.2, -0.15) is 18.2 Å². The predicted octanol–water partition coefficient (Wildman–Crippen LogP) is 3.77. The maximum atomic E-state index is 13.4. The minimum Gasteiger partial charge on any atom is -0.329 e. The van der Waals surface area contributed by atoms with E-state index in [4.69, 9.17) is 0 Å². The van der Waals surface area contributed by atoms with Gasteiger partial charge < -0.3 is 10.2 Å². The second-order valence-corrected chi connectivity index (χ2v) is 10.5. The van der Waals surface area contributed by atoms with E-state index >= 15 is 0 Å². The Bertz CT molecular complexity index is 1120. The van der Waals surface area contributed by atoms with E-state index in [0.717, 1.165) is 18.3 Å². The normalized spacial score (nSPS) is 23.1. The van der Waals surface area contributed by atoms with E-state index in [1.54, 1.807) is 0 Å². The minimum absolute atomic E-state index is 0.00528. The first-order valence-corrected chi connectivity index (χ1v) is 11.8. The molecular formula is C19H20F5N5O2S. The Morgan fingerprint density at radius 2 is 1.84 bits per heavy atom. The molecule has 2 unspecified atom stereocenters. The van der Waals surface area contributed by atoms with Crippen molar-refractivity contribution >= 4 is 27.4 Å². The molecule has 3 heterocycles. The monoisotopic (exact) mass is 477 g/mol. The summed E-state index contributed by atoms with van der Waals surface area (Å²) in [5, 5.41) is 2.16. The maximum absolute atomic E-state index is 13.4. The van der Waals surface area contributed by atoms with E-state index in [2.05, 4.69) is 20.3 Å². The molecule has 7 nitrogen and oxygen atoms in total. The maximum Gasteiger partial charge on any atom is 0.416 e. The Labute approximate surface area is 181 Å². The van der Waals surface area contributed by atoms with Crippen LogP contribution in [0.5, 0.6) is 0 Å². The number of alkyl halides is 5. The van der Waals surface area contributed by atoms with E-state index < -0.39 is 45.8 Å². The third kappa shape index (κ3) is 4.92. The summed E-state index contributed by atoms with van der Waals surface area (Å²) in [4.78, 5) is 13.7. The first-order chi connectivity index (χ1) is 14.8. The first kappa shape index (κ1) is 22.6. The van der Waals surface area contributed by atoms with Crippen LogP contribution in [0.1, 0.15) is 36.4 Å². The first-order valence-electron chi connectivity index (χ1n) is 9.81. The predicted molar refractivity (Wildman–Crippen MR) is 107 cm³/mol. The van der Waals surface area contributed by atoms with E-state index in [-0.39, 0.29) is 23.5 Å². The summed E-state index contributed by atoms with van der Waals surface area (Å²) < 4.78 is 89.5. The van der Waals surface area contributed by atoms with Crippen molar-refractivity contribution in [1.82, 2.24) is 15.0 Å². The van der Waals surface area contributed by atoms with Crippen LogP contribution in [-0.2, 0) is 16.0 Å². The van der Waals surface area contributed by atoms with Gasteiger partial charge in [0.2, 0.25) is 5.95 Å². The fraction of sp³-hybridized carbons (Fsp3) is 0.526. The molecule has 0 aromatic carbocycles. The molecule has 1 aliphatic heterocycles. The number of hydrogen-bond donors (Lipinski definition) is 1. The van der Waals surface area contributed by atoms with Crippen molar-refractivity contribution in [3.05, 3.63) is 35.7 Å². The van der Waals surface area contributed by atoms with Gasteiger partial charge in [-0.1, -0.05) is 0 Å². The van der Waals surface area contributed by atoms with Crippen LogP contribution in [0.3, 0.4) is 0 Å². The second-order valence-electron chi connectivity index (χ2n) is 8.20. The third-order valence-corrected chi connectivity index (χ3v) is 7.25. The highest BCUT2D eigenvalue weighted by Crippen LogP contribution is 2.39. The molecule has 2 atom stereocenters. The number of halogens is 5. The zero-order chi connectivity index (χ0) is 23.3. The van der Waals surface area contributed by atoms with Gasteiger partial charge in [-0.05, 0) is 31.4 Å². The van der Waals surface area contributed by atoms with Crippen molar-refractivity contribution in [3.63, 3.8) is 0 Å². The van der Waals surface area contributed by atoms with E-state index in [9.17, 15) is 30.4 Å². The quantitative estimate of drug-likeness (QED) is 0.656. The average molecular weight is 477 g/mol. The molecule has 2 aromatic rings. The number of rotatable bonds is 5. The molecular weight excluding hydrogens is 457 g/mol. The van der Waals surface area contributed by atoms with Gasteiger partial charge >= 0.3 is 6.18 Å². The van der Waals surface area contributed by atoms with Gasteiger partial charge in [0.05, 0.1) is 29.6 Å². The fourth-order valence-electron chi connectivity index (χ4n) is 3.93. The second kappa shape index (κ2) is 7.78. The standard InChI is InChI=1S/C19H20F5N5O2S/c1-32(30,31)13-3-2-11(6-13)14-8-16(28-17(26-14)29-9-18(20,21)10-29)27-15-7-12(4-5-25-15)19(22,23)24/h4-5,7-8,11,13H,2-3,6,9-10H2,1H3,(H,25,26,27,28). The molecule has 2 fully saturated rings. The molecule has 0 amide bonds. The van der Waals surface area contributed by atoms with Gasteiger partial charge in [-0.3, -0.25) is 0 Å². The minimum atomic E-state index is -4.56. The Balaban J connectivity index is 1.64. The van der Waals surface area contributed by atoms with Crippen LogP contribution in [0.15, 0.2) is 24.4 Å². The van der Waals surface area contributed by atoms with Gasteiger partial charge in [-0.15, -0.1) is 0 Å². The lowest BCUT2D eigenvalue weighted by Crippen LogP contribution is -2.57. The van der Waals surface area contributed by atoms with E-state index in [0.29, 0.717) is 25.0 Å². The van der Waals surface area contributed by atoms with Crippen molar-refractivity contribution in [1.29, 1.82) is 0 Å². The van der Waals surface area contributed by atoms with Gasteiger partial charge in [0.25, 0.3) is 5.92 Å². The van der Waals surface area contributed by atoms with Gasteiger partial charge in [-0.25, -0.2) is 27.2 Å². The molecule has 174 valence electrons. The lowest BCUT2D eigenvalue weighted by Gasteiger charge is -2.38. The van der Waals surface area contributed by atoms with Crippen LogP contribution in [0.2, 0.25) is 0 Å². The molecule has 4 rings (SSSR count). The number of hydrogen-bond acceptors (Lipinski definition) is 7. The van der Waals surface area contributed by atoms with Gasteiger partial charge in [0, 0.05) is 24.4 Å². The van der Waals surface area contributed by atoms with Crippen LogP contribution in [0.25, 0.3) is 0 Å². The summed E-state index contributed by atoms with van der Waals surface area (Å²) in [6.45, 7) is -1.15. The Morgan fingerprint density at radius 1 is 1.12 bits per heavy atom. The highest BCUT2D eigenvalue weighted by molar-refractivity contribution is 7.91. The number of aromatic nitrogens is 3. The lowest BCUT2D eigenvalue weighted by molar-refractivity contribution is -0.137. The van der Waals surface area contributed by atoms with E-state index in [1.807, 2.05) is 0 Å². The molecule has 0 radical (unpaired) electrons. The summed E-state index contributed by atoms with van der Waals surface area (Å²) in [6, 6.07) is 3.14. The van der Waals surface area contributed by atoms with Crippen molar-refractivity contribution < 1.29 is 30.4 Å². The summed E-state index contributed by atoms with van der Waals surface area (Å²) in [5.74, 6) is -3.14. The largest absolute Gasteiger partial charge is 0.416 e. The molecule has 2 aliphatic rings. The van der Waals surface area contributed by atoms with Crippen molar-refractivity contribution in [2.24, 2.45) is 0 Å². The lowest BCUT2D eigenvalue weighted by atomic mass is 10.0. The molecule has 0 bridgehead atoms. The molecule has 1 aliphatic carbocycles. The topological polar surface area (TPSA) is 88.1 Å². The van der Waals surface area contributed by atoms with Crippen LogP contribution >= 0.6 is 0 Å². The van der Waals surface area contributed by atoms with Crippen molar-refractivity contribution in [2.45, 2.75) is 42.5 Å². The molecule has 1 N–H and O–H groups in total. The number of sulfone groups is 1. The van der Waals surface area contributed by atoms with E-state index in [1.165, 1.54) is 17.2 Å². The van der Waals surface area contributed by atoms with Crippen LogP contribution in [-0.4, -0.2) is 53.9 Å². The molecule has 1 saturated heterocycles. The Hall–Kier alpha value is -2.57. The average Bonchev–Trinajstić information content (AvgIpc) is 3.16. The highest BCUT2D eigenvalue weighted by atomic mass is 32.2. The zero-order valence-corrected chi connectivity index (χ0v) is 17.7. The van der Waals surface area contributed by atoms with Crippen LogP contribution < -0.4 is 10.2 Å². The SMILES string of the molecule is CS(=O)(=O)C1CCC(c2cc(Nc3cc(C(F)(F)F)ccn3)nc(N3CC(F)(F)C3)n2)C1. The summed E-state index contributed by atoms with van der Waals surface area (Å²) >= 11 is 0. The molecule has 0 spiro atoms. The van der Waals surface area contributed by atoms with Crippen molar-refractivity contribution in [2.75, 3.05) is 29.6 Å². The molecule has 32 heavy (non-hydrogen) atoms. The third-order valence-electron chi connectivity index (χ3n) is 5.61.